The van der Waals surface area contributed by atoms with Gasteiger partial charge < -0.3 is 5.11 Å². The van der Waals surface area contributed by atoms with Crippen LogP contribution in [0.2, 0.25) is 0 Å². The van der Waals surface area contributed by atoms with Crippen molar-refractivity contribution in [3.8, 4) is 0 Å². The van der Waals surface area contributed by atoms with Crippen molar-refractivity contribution in [2.24, 2.45) is 11.8 Å². The maximum absolute atomic E-state index is 12.9. The van der Waals surface area contributed by atoms with Crippen molar-refractivity contribution in [3.05, 3.63) is 47.5 Å². The summed E-state index contributed by atoms with van der Waals surface area (Å²) in [4.78, 5) is 13.3. The van der Waals surface area contributed by atoms with Crippen LogP contribution in [0.25, 0.3) is 10.8 Å². The maximum Gasteiger partial charge on any atom is 0.391 e. The highest BCUT2D eigenvalue weighted by Gasteiger charge is 2.42. The number of hydrogen-bond donors (Lipinski definition) is 1. The fourth-order valence-corrected chi connectivity index (χ4v) is 4.84. The molecule has 2 unspecified atom stereocenters. The van der Waals surface area contributed by atoms with Crippen LogP contribution < -0.4 is 0 Å². The summed E-state index contributed by atoms with van der Waals surface area (Å²) in [6, 6.07) is 12.5. The summed E-state index contributed by atoms with van der Waals surface area (Å²) < 4.78 is 38.7. The lowest BCUT2D eigenvalue weighted by atomic mass is 9.78. The summed E-state index contributed by atoms with van der Waals surface area (Å²) in [6.07, 6.45) is -2.45. The molecule has 1 heterocycles. The van der Waals surface area contributed by atoms with Crippen LogP contribution >= 0.6 is 0 Å². The Morgan fingerprint density at radius 2 is 1.72 bits per heavy atom. The lowest BCUT2D eigenvalue weighted by Crippen LogP contribution is -2.56. The van der Waals surface area contributed by atoms with E-state index in [0.717, 1.165) is 28.4 Å². The average Bonchev–Trinajstić information content (AvgIpc) is 2.69. The molecule has 3 nitrogen and oxygen atoms in total. The zero-order valence-electron chi connectivity index (χ0n) is 16.5. The quantitative estimate of drug-likeness (QED) is 0.722. The van der Waals surface area contributed by atoms with Gasteiger partial charge in [0.25, 0.3) is 0 Å². The van der Waals surface area contributed by atoms with Crippen molar-refractivity contribution in [2.45, 2.75) is 57.3 Å². The third kappa shape index (κ3) is 4.13. The summed E-state index contributed by atoms with van der Waals surface area (Å²) in [6.45, 7) is 3.25. The number of carbonyl (C=O) groups is 1. The van der Waals surface area contributed by atoms with Crippen molar-refractivity contribution in [1.29, 1.82) is 0 Å². The Kier molecular flexibility index (Phi) is 5.32. The number of carboxylic acids is 1. The first kappa shape index (κ1) is 20.2. The minimum atomic E-state index is -4.07. The molecule has 156 valence electrons. The molecule has 2 aromatic rings. The monoisotopic (exact) mass is 405 g/mol. The predicted molar refractivity (Wildman–Crippen MR) is 106 cm³/mol. The Morgan fingerprint density at radius 1 is 1.07 bits per heavy atom. The Morgan fingerprint density at radius 3 is 2.34 bits per heavy atom. The van der Waals surface area contributed by atoms with E-state index in [9.17, 15) is 18.0 Å². The lowest BCUT2D eigenvalue weighted by Gasteiger charge is -2.44. The third-order valence-corrected chi connectivity index (χ3v) is 6.88. The first-order valence-electron chi connectivity index (χ1n) is 10.3. The van der Waals surface area contributed by atoms with E-state index in [0.29, 0.717) is 19.4 Å². The van der Waals surface area contributed by atoms with Gasteiger partial charge in [0.15, 0.2) is 0 Å². The Balaban J connectivity index is 1.42. The molecule has 2 atom stereocenters. The summed E-state index contributed by atoms with van der Waals surface area (Å²) in [7, 11) is 0. The highest BCUT2D eigenvalue weighted by molar-refractivity contribution is 5.84. The SMILES string of the molecule is CC1C(C(=O)O)CN1Cc1ccc2cc(C3CCC(C(F)(F)F)CC3)ccc2c1. The molecule has 0 aromatic heterocycles. The van der Waals surface area contributed by atoms with E-state index in [1.165, 1.54) is 0 Å². The second kappa shape index (κ2) is 7.63. The average molecular weight is 405 g/mol. The minimum absolute atomic E-state index is 0.0393. The molecule has 0 amide bonds. The molecule has 1 aliphatic heterocycles. The van der Waals surface area contributed by atoms with Crippen LogP contribution in [-0.4, -0.2) is 34.7 Å². The number of alkyl halides is 3. The van der Waals surface area contributed by atoms with Crippen LogP contribution in [0.5, 0.6) is 0 Å². The molecule has 0 bridgehead atoms. The molecule has 0 spiro atoms. The van der Waals surface area contributed by atoms with Crippen LogP contribution in [-0.2, 0) is 11.3 Å². The molecule has 2 aromatic carbocycles. The van der Waals surface area contributed by atoms with Gasteiger partial charge in [-0.15, -0.1) is 0 Å². The summed E-state index contributed by atoms with van der Waals surface area (Å²) >= 11 is 0. The number of benzene rings is 2. The van der Waals surface area contributed by atoms with Gasteiger partial charge in [0.1, 0.15) is 0 Å². The number of hydrogen-bond acceptors (Lipinski definition) is 2. The van der Waals surface area contributed by atoms with Crippen LogP contribution in [0.15, 0.2) is 36.4 Å². The van der Waals surface area contributed by atoms with Crippen molar-refractivity contribution < 1.29 is 23.1 Å². The maximum atomic E-state index is 12.9. The highest BCUT2D eigenvalue weighted by atomic mass is 19.4. The van der Waals surface area contributed by atoms with E-state index >= 15 is 0 Å². The van der Waals surface area contributed by atoms with Gasteiger partial charge in [0.05, 0.1) is 11.8 Å². The van der Waals surface area contributed by atoms with Gasteiger partial charge in [-0.3, -0.25) is 9.69 Å². The number of likely N-dealkylation sites (tertiary alicyclic amines) is 1. The normalized spacial score (nSPS) is 28.3. The summed E-state index contributed by atoms with van der Waals surface area (Å²) in [5.74, 6) is -1.96. The summed E-state index contributed by atoms with van der Waals surface area (Å²) in [5.41, 5.74) is 2.28. The molecular weight excluding hydrogens is 379 g/mol. The van der Waals surface area contributed by atoms with Gasteiger partial charge in [-0.1, -0.05) is 30.3 Å². The van der Waals surface area contributed by atoms with E-state index < -0.39 is 18.1 Å². The molecule has 6 heteroatoms. The standard InChI is InChI=1S/C23H26F3NO2/c1-14-21(22(28)29)13-27(14)12-15-2-3-19-11-18(5-4-17(19)10-15)16-6-8-20(9-7-16)23(24,25)26/h2-5,10-11,14,16,20-21H,6-9,12-13H2,1H3,(H,28,29). The molecule has 1 N–H and O–H groups in total. The lowest BCUT2D eigenvalue weighted by molar-refractivity contribution is -0.182. The van der Waals surface area contributed by atoms with E-state index in [1.807, 2.05) is 6.92 Å². The molecule has 1 aliphatic carbocycles. The fourth-order valence-electron chi connectivity index (χ4n) is 4.84. The largest absolute Gasteiger partial charge is 0.481 e. The second-order valence-corrected chi connectivity index (χ2v) is 8.65. The van der Waals surface area contributed by atoms with Gasteiger partial charge >= 0.3 is 12.1 Å². The Hall–Kier alpha value is -2.08. The smallest absolute Gasteiger partial charge is 0.391 e. The Bertz CT molecular complexity index is 903. The molecule has 4 rings (SSSR count). The predicted octanol–water partition coefficient (Wildman–Crippen LogP) is 5.58. The van der Waals surface area contributed by atoms with Crippen LogP contribution in [0.3, 0.4) is 0 Å². The van der Waals surface area contributed by atoms with Gasteiger partial charge in [-0.25, -0.2) is 0 Å². The molecule has 2 aliphatic rings. The first-order chi connectivity index (χ1) is 13.7. The van der Waals surface area contributed by atoms with E-state index in [2.05, 4.69) is 41.3 Å². The van der Waals surface area contributed by atoms with Gasteiger partial charge in [0, 0.05) is 19.1 Å². The zero-order chi connectivity index (χ0) is 20.8. The van der Waals surface area contributed by atoms with Crippen molar-refractivity contribution in [3.63, 3.8) is 0 Å². The zero-order valence-corrected chi connectivity index (χ0v) is 16.5. The van der Waals surface area contributed by atoms with E-state index in [4.69, 9.17) is 5.11 Å². The molecular formula is C23H26F3NO2. The number of nitrogens with zero attached hydrogens (tertiary/aromatic N) is 1. The van der Waals surface area contributed by atoms with Crippen molar-refractivity contribution >= 4 is 16.7 Å². The Labute approximate surface area is 168 Å². The summed E-state index contributed by atoms with van der Waals surface area (Å²) in [5, 5.41) is 11.3. The minimum Gasteiger partial charge on any atom is -0.481 e. The fraction of sp³-hybridized carbons (Fsp3) is 0.522. The van der Waals surface area contributed by atoms with E-state index in [1.54, 1.807) is 0 Å². The molecule has 29 heavy (non-hydrogen) atoms. The van der Waals surface area contributed by atoms with Crippen molar-refractivity contribution in [2.75, 3.05) is 6.54 Å². The van der Waals surface area contributed by atoms with Crippen LogP contribution in [0.1, 0.15) is 49.7 Å². The van der Waals surface area contributed by atoms with Crippen molar-refractivity contribution in [1.82, 2.24) is 4.90 Å². The highest BCUT2D eigenvalue weighted by Crippen LogP contribution is 2.43. The third-order valence-electron chi connectivity index (χ3n) is 6.88. The second-order valence-electron chi connectivity index (χ2n) is 8.65. The number of carboxylic acid groups (broad SMARTS) is 1. The van der Waals surface area contributed by atoms with Gasteiger partial charge in [-0.05, 0) is 66.5 Å². The topological polar surface area (TPSA) is 40.5 Å². The first-order valence-corrected chi connectivity index (χ1v) is 10.3. The molecule has 0 radical (unpaired) electrons. The number of aliphatic carboxylic acids is 1. The number of rotatable bonds is 4. The molecule has 1 saturated heterocycles. The van der Waals surface area contributed by atoms with E-state index in [-0.39, 0.29) is 30.7 Å². The number of halogens is 3. The van der Waals surface area contributed by atoms with Gasteiger partial charge in [-0.2, -0.15) is 13.2 Å². The van der Waals surface area contributed by atoms with Gasteiger partial charge in [0.2, 0.25) is 0 Å². The molecule has 1 saturated carbocycles. The van der Waals surface area contributed by atoms with Crippen LogP contribution in [0.4, 0.5) is 13.2 Å². The van der Waals surface area contributed by atoms with Crippen LogP contribution in [0, 0.1) is 11.8 Å². The number of fused-ring (bicyclic) bond motifs is 1. The molecule has 2 fully saturated rings.